The molecule has 0 fully saturated rings. The number of carbonyl (C=O) groups is 1. The van der Waals surface area contributed by atoms with Crippen molar-refractivity contribution in [2.24, 2.45) is 7.05 Å². The van der Waals surface area contributed by atoms with E-state index < -0.39 is 28.8 Å². The average molecular weight is 425 g/mol. The number of aryl methyl sites for hydroxylation is 1. The first kappa shape index (κ1) is 20.7. The quantitative estimate of drug-likeness (QED) is 0.650. The Morgan fingerprint density at radius 2 is 1.93 bits per heavy atom. The van der Waals surface area contributed by atoms with Crippen LogP contribution in [0.25, 0.3) is 10.9 Å². The van der Waals surface area contributed by atoms with E-state index in [1.807, 2.05) is 0 Å². The number of fused-ring (bicyclic) bond motifs is 1. The Labute approximate surface area is 168 Å². The second kappa shape index (κ2) is 7.79. The number of hydrogen-bond donors (Lipinski definition) is 1. The summed E-state index contributed by atoms with van der Waals surface area (Å²) in [6, 6.07) is 7.84. The molecule has 0 aliphatic carbocycles. The second-order valence-electron chi connectivity index (χ2n) is 6.24. The molecule has 3 aromatic rings. The molecular formula is C20H16ClF3N2O3. The van der Waals surface area contributed by atoms with Gasteiger partial charge in [0.25, 0.3) is 5.91 Å². The molecule has 3 rings (SSSR count). The molecular weight excluding hydrogens is 409 g/mol. The number of nitrogens with zero attached hydrogens (tertiary/aromatic N) is 1. The van der Waals surface area contributed by atoms with Crippen molar-refractivity contribution in [3.8, 4) is 5.75 Å². The van der Waals surface area contributed by atoms with Gasteiger partial charge in [-0.15, -0.1) is 0 Å². The zero-order chi connectivity index (χ0) is 21.3. The molecule has 0 saturated carbocycles. The molecule has 5 nitrogen and oxygen atoms in total. The molecule has 0 spiro atoms. The maximum atomic E-state index is 13.3. The summed E-state index contributed by atoms with van der Waals surface area (Å²) >= 11 is 5.65. The Hall–Kier alpha value is -3.00. The topological polar surface area (TPSA) is 60.3 Å². The Bertz CT molecular complexity index is 1160. The molecule has 0 saturated heterocycles. The molecule has 1 amide bonds. The highest BCUT2D eigenvalue weighted by molar-refractivity contribution is 6.30. The first-order chi connectivity index (χ1) is 13.6. The molecule has 0 bridgehead atoms. The van der Waals surface area contributed by atoms with Gasteiger partial charge in [-0.3, -0.25) is 9.59 Å². The first-order valence-corrected chi connectivity index (χ1v) is 8.94. The van der Waals surface area contributed by atoms with Crippen LogP contribution in [0.2, 0.25) is 5.02 Å². The smallest absolute Gasteiger partial charge is 0.418 e. The number of amides is 1. The molecule has 0 aliphatic heterocycles. The Kier molecular flexibility index (Phi) is 5.57. The van der Waals surface area contributed by atoms with E-state index >= 15 is 0 Å². The predicted molar refractivity (Wildman–Crippen MR) is 105 cm³/mol. The number of hydrogen-bond acceptors (Lipinski definition) is 3. The first-order valence-electron chi connectivity index (χ1n) is 8.56. The van der Waals surface area contributed by atoms with Crippen molar-refractivity contribution in [3.05, 3.63) is 69.0 Å². The lowest BCUT2D eigenvalue weighted by Gasteiger charge is -2.15. The molecule has 0 unspecified atom stereocenters. The van der Waals surface area contributed by atoms with Crippen LogP contribution in [0.5, 0.6) is 5.75 Å². The zero-order valence-electron chi connectivity index (χ0n) is 15.4. The summed E-state index contributed by atoms with van der Waals surface area (Å²) < 4.78 is 46.7. The Balaban J connectivity index is 2.07. The maximum Gasteiger partial charge on any atom is 0.418 e. The number of aromatic nitrogens is 1. The number of ether oxygens (including phenoxy) is 1. The van der Waals surface area contributed by atoms with Crippen LogP contribution >= 0.6 is 11.6 Å². The third-order valence-electron chi connectivity index (χ3n) is 4.25. The van der Waals surface area contributed by atoms with Gasteiger partial charge in [0.2, 0.25) is 5.43 Å². The largest absolute Gasteiger partial charge is 0.494 e. The van der Waals surface area contributed by atoms with Gasteiger partial charge in [-0.25, -0.2) is 0 Å². The van der Waals surface area contributed by atoms with E-state index in [-0.39, 0.29) is 16.0 Å². The molecule has 1 aromatic heterocycles. The van der Waals surface area contributed by atoms with E-state index in [9.17, 15) is 22.8 Å². The number of carbonyl (C=O) groups excluding carboxylic acids is 1. The number of benzene rings is 2. The third-order valence-corrected chi connectivity index (χ3v) is 4.49. The number of alkyl halides is 3. The molecule has 0 aliphatic rings. The number of nitrogens with one attached hydrogen (secondary N) is 1. The van der Waals surface area contributed by atoms with E-state index in [0.717, 1.165) is 6.07 Å². The van der Waals surface area contributed by atoms with Crippen LogP contribution in [0, 0.1) is 0 Å². The molecule has 0 atom stereocenters. The third kappa shape index (κ3) is 4.22. The minimum absolute atomic E-state index is 0.125. The van der Waals surface area contributed by atoms with E-state index in [0.29, 0.717) is 23.9 Å². The van der Waals surface area contributed by atoms with Gasteiger partial charge in [-0.2, -0.15) is 13.2 Å². The number of halogens is 4. The molecule has 1 heterocycles. The fraction of sp³-hybridized carbons (Fsp3) is 0.200. The van der Waals surface area contributed by atoms with Crippen molar-refractivity contribution in [2.45, 2.75) is 13.1 Å². The minimum Gasteiger partial charge on any atom is -0.494 e. The van der Waals surface area contributed by atoms with Crippen molar-refractivity contribution in [1.29, 1.82) is 0 Å². The van der Waals surface area contributed by atoms with Crippen molar-refractivity contribution < 1.29 is 22.7 Å². The molecule has 9 heteroatoms. The molecule has 152 valence electrons. The van der Waals surface area contributed by atoms with Crippen LogP contribution in [-0.4, -0.2) is 17.1 Å². The second-order valence-corrected chi connectivity index (χ2v) is 6.67. The standard InChI is InChI=1S/C20H16ClF3N2O3/c1-3-29-12-5-7-17-13(9-12)18(27)14(10-26(17)2)19(28)25-16-6-4-11(21)8-15(16)20(22,23)24/h4-10H,3H2,1-2H3,(H,25,28). The average Bonchev–Trinajstić information content (AvgIpc) is 2.65. The van der Waals surface area contributed by atoms with Gasteiger partial charge in [0.05, 0.1) is 28.8 Å². The van der Waals surface area contributed by atoms with Crippen molar-refractivity contribution in [2.75, 3.05) is 11.9 Å². The summed E-state index contributed by atoms with van der Waals surface area (Å²) in [6.45, 7) is 2.18. The fourth-order valence-electron chi connectivity index (χ4n) is 2.94. The summed E-state index contributed by atoms with van der Waals surface area (Å²) in [5.41, 5.74) is -1.94. The van der Waals surface area contributed by atoms with Crippen LogP contribution in [0.15, 0.2) is 47.4 Å². The van der Waals surface area contributed by atoms with Crippen LogP contribution in [0.4, 0.5) is 18.9 Å². The van der Waals surface area contributed by atoms with E-state index in [4.69, 9.17) is 16.3 Å². The normalized spacial score (nSPS) is 11.5. The maximum absolute atomic E-state index is 13.3. The van der Waals surface area contributed by atoms with Gasteiger partial charge >= 0.3 is 6.18 Å². The molecule has 0 radical (unpaired) electrons. The molecule has 1 N–H and O–H groups in total. The molecule has 29 heavy (non-hydrogen) atoms. The fourth-order valence-corrected chi connectivity index (χ4v) is 3.11. The molecule has 2 aromatic carbocycles. The summed E-state index contributed by atoms with van der Waals surface area (Å²) in [4.78, 5) is 25.5. The highest BCUT2D eigenvalue weighted by Gasteiger charge is 2.34. The number of anilines is 1. The van der Waals surface area contributed by atoms with Gasteiger partial charge in [-0.05, 0) is 43.3 Å². The van der Waals surface area contributed by atoms with Crippen LogP contribution in [0.1, 0.15) is 22.8 Å². The summed E-state index contributed by atoms with van der Waals surface area (Å²) in [5, 5.41) is 2.27. The predicted octanol–water partition coefficient (Wildman–Crippen LogP) is 4.86. The van der Waals surface area contributed by atoms with Gasteiger partial charge < -0.3 is 14.6 Å². The lowest BCUT2D eigenvalue weighted by atomic mass is 10.1. The monoisotopic (exact) mass is 424 g/mol. The van der Waals surface area contributed by atoms with Gasteiger partial charge in [-0.1, -0.05) is 11.6 Å². The summed E-state index contributed by atoms with van der Waals surface area (Å²) in [6.07, 6.45) is -3.45. The lowest BCUT2D eigenvalue weighted by Crippen LogP contribution is -2.24. The zero-order valence-corrected chi connectivity index (χ0v) is 16.2. The number of pyridine rings is 1. The van der Waals surface area contributed by atoms with Crippen molar-refractivity contribution in [1.82, 2.24) is 4.57 Å². The summed E-state index contributed by atoms with van der Waals surface area (Å²) in [5.74, 6) is -0.506. The van der Waals surface area contributed by atoms with Gasteiger partial charge in [0.15, 0.2) is 0 Å². The summed E-state index contributed by atoms with van der Waals surface area (Å²) in [7, 11) is 1.63. The lowest BCUT2D eigenvalue weighted by molar-refractivity contribution is -0.136. The van der Waals surface area contributed by atoms with Gasteiger partial charge in [0, 0.05) is 18.3 Å². The van der Waals surface area contributed by atoms with E-state index in [1.54, 1.807) is 30.7 Å². The highest BCUT2D eigenvalue weighted by atomic mass is 35.5. The number of rotatable bonds is 4. The van der Waals surface area contributed by atoms with Crippen molar-refractivity contribution >= 4 is 34.1 Å². The van der Waals surface area contributed by atoms with Gasteiger partial charge in [0.1, 0.15) is 11.3 Å². The van der Waals surface area contributed by atoms with Crippen LogP contribution in [0.3, 0.4) is 0 Å². The Morgan fingerprint density at radius 1 is 1.21 bits per heavy atom. The van der Waals surface area contributed by atoms with Crippen LogP contribution in [-0.2, 0) is 13.2 Å². The highest BCUT2D eigenvalue weighted by Crippen LogP contribution is 2.36. The minimum atomic E-state index is -4.73. The van der Waals surface area contributed by atoms with Crippen molar-refractivity contribution in [3.63, 3.8) is 0 Å². The van der Waals surface area contributed by atoms with E-state index in [2.05, 4.69) is 5.32 Å². The Morgan fingerprint density at radius 3 is 2.59 bits per heavy atom. The SMILES string of the molecule is CCOc1ccc2c(c1)c(=O)c(C(=O)Nc1ccc(Cl)cc1C(F)(F)F)cn2C. The van der Waals surface area contributed by atoms with E-state index in [1.165, 1.54) is 18.3 Å². The van der Waals surface area contributed by atoms with Crippen LogP contribution < -0.4 is 15.5 Å².